The molecule has 1 aromatic carbocycles. The number of carbonyl (C=O) groups is 2. The van der Waals surface area contributed by atoms with Crippen LogP contribution in [0.3, 0.4) is 0 Å². The maximum atomic E-state index is 12.6. The minimum absolute atomic E-state index is 0.0522. The van der Waals surface area contributed by atoms with Gasteiger partial charge in [0, 0.05) is 0 Å². The smallest absolute Gasteiger partial charge is 0.339 e. The predicted octanol–water partition coefficient (Wildman–Crippen LogP) is 8.55. The van der Waals surface area contributed by atoms with E-state index in [1.807, 2.05) is 29.0 Å². The van der Waals surface area contributed by atoms with Crippen LogP contribution in [0.25, 0.3) is 0 Å². The summed E-state index contributed by atoms with van der Waals surface area (Å²) in [5.74, 6) is -1.57. The number of rotatable bonds is 16. The number of aromatic carboxylic acids is 1. The standard InChI is InChI=1S/C24H38O4.C4H4S/c1-3-5-7-9-11-13-16-20-17-15-18-21(23(25)26)22(20)24(27)28-19-14-12-10-8-6-4-2;1-2-4-5-3-1/h15,17-18H,3-14,16,19H2,1-2H3,(H,25,26);1-4H. The molecule has 1 aromatic heterocycles. The Morgan fingerprint density at radius 1 is 0.788 bits per heavy atom. The summed E-state index contributed by atoms with van der Waals surface area (Å²) in [6, 6.07) is 9.12. The molecule has 0 atom stereocenters. The predicted molar refractivity (Wildman–Crippen MR) is 138 cm³/mol. The monoisotopic (exact) mass is 474 g/mol. The van der Waals surface area contributed by atoms with Gasteiger partial charge in [-0.25, -0.2) is 9.59 Å². The number of carbonyl (C=O) groups excluding carboxylic acids is 1. The van der Waals surface area contributed by atoms with Crippen LogP contribution in [0, 0.1) is 0 Å². The van der Waals surface area contributed by atoms with E-state index in [2.05, 4.69) is 13.8 Å². The number of carboxylic acids is 1. The van der Waals surface area contributed by atoms with Gasteiger partial charge in [-0.3, -0.25) is 0 Å². The van der Waals surface area contributed by atoms with Crippen LogP contribution in [0.15, 0.2) is 41.1 Å². The molecule has 0 unspecified atom stereocenters. The van der Waals surface area contributed by atoms with Gasteiger partial charge >= 0.3 is 11.9 Å². The summed E-state index contributed by atoms with van der Waals surface area (Å²) in [6.07, 6.45) is 14.4. The van der Waals surface area contributed by atoms with Crippen molar-refractivity contribution in [3.8, 4) is 0 Å². The number of esters is 1. The Morgan fingerprint density at radius 2 is 1.36 bits per heavy atom. The Morgan fingerprint density at radius 3 is 1.91 bits per heavy atom. The third kappa shape index (κ3) is 13.2. The molecule has 0 spiro atoms. The maximum absolute atomic E-state index is 12.6. The van der Waals surface area contributed by atoms with Gasteiger partial charge in [0.1, 0.15) is 0 Å². The van der Waals surface area contributed by atoms with Gasteiger partial charge in [-0.1, -0.05) is 102 Å². The number of thiophene rings is 1. The molecule has 0 aliphatic heterocycles. The van der Waals surface area contributed by atoms with Crippen molar-refractivity contribution in [1.29, 1.82) is 0 Å². The lowest BCUT2D eigenvalue weighted by molar-refractivity contribution is 0.0486. The molecule has 0 radical (unpaired) electrons. The summed E-state index contributed by atoms with van der Waals surface area (Å²) < 4.78 is 5.42. The van der Waals surface area contributed by atoms with Crippen molar-refractivity contribution in [2.45, 2.75) is 97.3 Å². The number of aryl methyl sites for hydroxylation is 1. The van der Waals surface area contributed by atoms with Crippen LogP contribution in [-0.4, -0.2) is 23.7 Å². The number of benzene rings is 1. The molecule has 0 aliphatic rings. The quantitative estimate of drug-likeness (QED) is 0.195. The van der Waals surface area contributed by atoms with E-state index in [1.54, 1.807) is 17.4 Å². The third-order valence-electron chi connectivity index (χ3n) is 5.54. The topological polar surface area (TPSA) is 63.6 Å². The zero-order valence-corrected chi connectivity index (χ0v) is 21.3. The molecule has 5 heteroatoms. The summed E-state index contributed by atoms with van der Waals surface area (Å²) >= 11 is 1.71. The van der Waals surface area contributed by atoms with Crippen LogP contribution >= 0.6 is 11.3 Å². The van der Waals surface area contributed by atoms with Crippen LogP contribution in [-0.2, 0) is 11.2 Å². The van der Waals surface area contributed by atoms with E-state index in [1.165, 1.54) is 51.0 Å². The Balaban J connectivity index is 0.000000953. The molecule has 0 saturated heterocycles. The molecular weight excluding hydrogens is 432 g/mol. The van der Waals surface area contributed by atoms with E-state index >= 15 is 0 Å². The van der Waals surface area contributed by atoms with Crippen molar-refractivity contribution < 1.29 is 19.4 Å². The van der Waals surface area contributed by atoms with Crippen LogP contribution < -0.4 is 0 Å². The molecular formula is C28H42O4S. The lowest BCUT2D eigenvalue weighted by Gasteiger charge is -2.12. The number of ether oxygens (including phenoxy) is 1. The highest BCUT2D eigenvalue weighted by Gasteiger charge is 2.21. The fourth-order valence-electron chi connectivity index (χ4n) is 3.67. The molecule has 2 aromatic rings. The molecule has 0 bridgehead atoms. The molecule has 0 amide bonds. The van der Waals surface area contributed by atoms with Crippen LogP contribution in [0.4, 0.5) is 0 Å². The first-order valence-electron chi connectivity index (χ1n) is 12.6. The second-order valence-corrected chi connectivity index (χ2v) is 9.18. The van der Waals surface area contributed by atoms with Gasteiger partial charge in [-0.05, 0) is 41.7 Å². The van der Waals surface area contributed by atoms with Gasteiger partial charge in [0.2, 0.25) is 0 Å². The van der Waals surface area contributed by atoms with Crippen molar-refractivity contribution in [3.05, 3.63) is 57.8 Å². The summed E-state index contributed by atoms with van der Waals surface area (Å²) in [5.41, 5.74) is 1.09. The number of unbranched alkanes of at least 4 members (excludes halogenated alkanes) is 10. The Labute approximate surface area is 204 Å². The number of hydrogen-bond donors (Lipinski definition) is 1. The average molecular weight is 475 g/mol. The van der Waals surface area contributed by atoms with E-state index in [0.717, 1.165) is 37.7 Å². The molecule has 1 N–H and O–H groups in total. The Bertz CT molecular complexity index is 738. The minimum Gasteiger partial charge on any atom is -0.478 e. The summed E-state index contributed by atoms with van der Waals surface area (Å²) in [6.45, 7) is 4.74. The molecule has 0 saturated carbocycles. The van der Waals surface area contributed by atoms with E-state index in [9.17, 15) is 14.7 Å². The zero-order valence-electron chi connectivity index (χ0n) is 20.5. The normalized spacial score (nSPS) is 10.4. The second-order valence-electron chi connectivity index (χ2n) is 8.36. The SMILES string of the molecule is CCCCCCCCOC(=O)c1c(CCCCCCCC)cccc1C(=O)O.c1ccsc1. The highest BCUT2D eigenvalue weighted by atomic mass is 32.1. The van der Waals surface area contributed by atoms with Gasteiger partial charge in [0.05, 0.1) is 17.7 Å². The molecule has 0 fully saturated rings. The third-order valence-corrected chi connectivity index (χ3v) is 6.17. The fourth-order valence-corrected chi connectivity index (χ4v) is 4.12. The van der Waals surface area contributed by atoms with Crippen molar-refractivity contribution in [2.75, 3.05) is 6.61 Å². The van der Waals surface area contributed by atoms with Gasteiger partial charge in [0.15, 0.2) is 0 Å². The molecule has 1 heterocycles. The number of hydrogen-bond acceptors (Lipinski definition) is 4. The first-order chi connectivity index (χ1) is 16.1. The number of carboxylic acid groups (broad SMARTS) is 1. The highest BCUT2D eigenvalue weighted by Crippen LogP contribution is 2.20. The van der Waals surface area contributed by atoms with Crippen molar-refractivity contribution in [3.63, 3.8) is 0 Å². The molecule has 0 aliphatic carbocycles. The minimum atomic E-state index is -1.07. The van der Waals surface area contributed by atoms with Gasteiger partial charge in [-0.2, -0.15) is 11.3 Å². The van der Waals surface area contributed by atoms with Crippen LogP contribution in [0.2, 0.25) is 0 Å². The Kier molecular flexibility index (Phi) is 16.9. The maximum Gasteiger partial charge on any atom is 0.339 e. The molecule has 4 nitrogen and oxygen atoms in total. The largest absolute Gasteiger partial charge is 0.478 e. The first-order valence-corrected chi connectivity index (χ1v) is 13.6. The zero-order chi connectivity index (χ0) is 24.2. The van der Waals surface area contributed by atoms with Crippen molar-refractivity contribution in [1.82, 2.24) is 0 Å². The van der Waals surface area contributed by atoms with E-state index in [0.29, 0.717) is 13.0 Å². The second kappa shape index (κ2) is 19.3. The molecule has 184 valence electrons. The van der Waals surface area contributed by atoms with Crippen LogP contribution in [0.1, 0.15) is 117 Å². The van der Waals surface area contributed by atoms with Gasteiger partial charge in [-0.15, -0.1) is 0 Å². The summed E-state index contributed by atoms with van der Waals surface area (Å²) in [4.78, 5) is 24.2. The Hall–Kier alpha value is -2.14. The van der Waals surface area contributed by atoms with E-state index in [-0.39, 0.29) is 11.1 Å². The molecule has 33 heavy (non-hydrogen) atoms. The fraction of sp³-hybridized carbons (Fsp3) is 0.571. The molecule has 2 rings (SSSR count). The highest BCUT2D eigenvalue weighted by molar-refractivity contribution is 7.07. The van der Waals surface area contributed by atoms with Gasteiger partial charge < -0.3 is 9.84 Å². The van der Waals surface area contributed by atoms with E-state index < -0.39 is 11.9 Å². The summed E-state index contributed by atoms with van der Waals surface area (Å²) in [5, 5.41) is 13.6. The summed E-state index contributed by atoms with van der Waals surface area (Å²) in [7, 11) is 0. The van der Waals surface area contributed by atoms with Crippen molar-refractivity contribution >= 4 is 23.3 Å². The first kappa shape index (κ1) is 28.9. The lowest BCUT2D eigenvalue weighted by atomic mass is 9.96. The lowest BCUT2D eigenvalue weighted by Crippen LogP contribution is -2.15. The van der Waals surface area contributed by atoms with Crippen LogP contribution in [0.5, 0.6) is 0 Å². The average Bonchev–Trinajstić information content (AvgIpc) is 3.40. The van der Waals surface area contributed by atoms with Crippen molar-refractivity contribution in [2.24, 2.45) is 0 Å². The van der Waals surface area contributed by atoms with E-state index in [4.69, 9.17) is 4.74 Å². The van der Waals surface area contributed by atoms with Gasteiger partial charge in [0.25, 0.3) is 0 Å².